The smallest absolute Gasteiger partial charge is 0.448 e. The molecule has 2 aliphatic heterocycles. The maximum absolute atomic E-state index is 13.5. The number of thioether (sulfide) groups is 2. The van der Waals surface area contributed by atoms with Gasteiger partial charge in [-0.25, -0.2) is 4.79 Å². The maximum atomic E-state index is 13.5. The quantitative estimate of drug-likeness (QED) is 0.137. The van der Waals surface area contributed by atoms with Crippen molar-refractivity contribution in [1.82, 2.24) is 10.2 Å². The van der Waals surface area contributed by atoms with Gasteiger partial charge in [-0.05, 0) is 11.1 Å². The number of fused-ring (bicyclic) bond motifs is 1. The predicted molar refractivity (Wildman–Crippen MR) is 137 cm³/mol. The Morgan fingerprint density at radius 1 is 1.05 bits per heavy atom. The molecule has 0 bridgehead atoms. The topological polar surface area (TPSA) is 119 Å². The van der Waals surface area contributed by atoms with E-state index in [-0.39, 0.29) is 11.8 Å². The molecular weight excluding hydrogens is 619 g/mol. The minimum atomic E-state index is -6.24. The summed E-state index contributed by atoms with van der Waals surface area (Å²) in [5.74, 6) is -8.46. The average molecular weight is 639 g/mol. The lowest BCUT2D eigenvalue weighted by molar-refractivity contribution is -0.155. The fourth-order valence-electron chi connectivity index (χ4n) is 3.93. The largest absolute Gasteiger partial charge is 0.534 e. The standard InChI is InChI=1S/C24H19F5N2O7S3/c25-23(26)40-12-16(32)30-17-20(33)31-18(15(11-39-21(17)31)38-41(35,36)24(27,28)29)22(34)37-19(13-7-3-1-4-8-13)14-9-5-2-6-10-14/h1-10,17,19,21,23H,11-12H2,(H,30,32)/t17?,21-/m1/s1. The molecule has 0 saturated carbocycles. The van der Waals surface area contributed by atoms with Crippen LogP contribution >= 0.6 is 23.5 Å². The Morgan fingerprint density at radius 3 is 2.12 bits per heavy atom. The van der Waals surface area contributed by atoms with Gasteiger partial charge in [0.05, 0.1) is 11.5 Å². The summed E-state index contributed by atoms with van der Waals surface area (Å²) in [6, 6.07) is 15.1. The van der Waals surface area contributed by atoms with Crippen molar-refractivity contribution in [3.63, 3.8) is 0 Å². The number of nitrogens with zero attached hydrogens (tertiary/aromatic N) is 1. The Kier molecular flexibility index (Phi) is 9.18. The number of nitrogens with one attached hydrogen (secondary N) is 1. The van der Waals surface area contributed by atoms with Gasteiger partial charge in [-0.1, -0.05) is 72.4 Å². The highest BCUT2D eigenvalue weighted by Crippen LogP contribution is 2.43. The van der Waals surface area contributed by atoms with Crippen LogP contribution in [-0.4, -0.2) is 65.3 Å². The minimum absolute atomic E-state index is 0.00985. The second kappa shape index (κ2) is 12.3. The first kappa shape index (κ1) is 30.6. The normalized spacial score (nSPS) is 19.1. The van der Waals surface area contributed by atoms with Gasteiger partial charge in [-0.15, -0.1) is 11.8 Å². The SMILES string of the molecule is O=C(CSC(F)F)NC1C(=O)N2C(C(=O)OC(c3ccccc3)c3ccccc3)=C(OS(=O)(=O)C(F)(F)F)CS[C@H]12. The fraction of sp³-hybridized carbons (Fsp3) is 0.292. The molecule has 1 fully saturated rings. The molecule has 0 aliphatic carbocycles. The third kappa shape index (κ3) is 6.78. The van der Waals surface area contributed by atoms with Gasteiger partial charge in [0.1, 0.15) is 11.4 Å². The first-order valence-electron chi connectivity index (χ1n) is 11.5. The molecule has 2 atom stereocenters. The second-order valence-corrected chi connectivity index (χ2v) is 12.0. The molecule has 2 heterocycles. The number of carbonyl (C=O) groups excluding carboxylic acids is 3. The molecule has 2 aromatic carbocycles. The number of halogens is 5. The number of alkyl halides is 5. The van der Waals surface area contributed by atoms with E-state index < -0.39 is 79.6 Å². The summed E-state index contributed by atoms with van der Waals surface area (Å²) in [4.78, 5) is 39.2. The van der Waals surface area contributed by atoms with Crippen LogP contribution in [0.5, 0.6) is 0 Å². The molecule has 0 spiro atoms. The minimum Gasteiger partial charge on any atom is -0.448 e. The van der Waals surface area contributed by atoms with E-state index in [0.717, 1.165) is 0 Å². The zero-order valence-corrected chi connectivity index (χ0v) is 22.9. The lowest BCUT2D eigenvalue weighted by Crippen LogP contribution is -2.70. The van der Waals surface area contributed by atoms with Gasteiger partial charge in [-0.2, -0.15) is 30.4 Å². The molecule has 1 saturated heterocycles. The highest BCUT2D eigenvalue weighted by Gasteiger charge is 2.57. The lowest BCUT2D eigenvalue weighted by atomic mass is 10.0. The van der Waals surface area contributed by atoms with Gasteiger partial charge in [0.15, 0.2) is 17.6 Å². The molecule has 41 heavy (non-hydrogen) atoms. The van der Waals surface area contributed by atoms with Crippen molar-refractivity contribution in [2.45, 2.75) is 28.8 Å². The Morgan fingerprint density at radius 2 is 1.61 bits per heavy atom. The summed E-state index contributed by atoms with van der Waals surface area (Å²) >= 11 is 0.706. The van der Waals surface area contributed by atoms with Crippen molar-refractivity contribution in [2.24, 2.45) is 0 Å². The Bertz CT molecular complexity index is 1400. The van der Waals surface area contributed by atoms with Gasteiger partial charge in [0, 0.05) is 0 Å². The third-order valence-corrected chi connectivity index (χ3v) is 8.63. The summed E-state index contributed by atoms with van der Waals surface area (Å²) in [6.07, 6.45) is -1.12. The summed E-state index contributed by atoms with van der Waals surface area (Å²) < 4.78 is 97.8. The number of β-lactam (4-membered cyclic amide) rings is 1. The molecule has 2 amide bonds. The number of amides is 2. The number of rotatable bonds is 10. The van der Waals surface area contributed by atoms with Gasteiger partial charge in [0.25, 0.3) is 11.7 Å². The molecule has 4 rings (SSSR count). The van der Waals surface area contributed by atoms with Crippen molar-refractivity contribution < 1.29 is 53.7 Å². The van der Waals surface area contributed by atoms with Crippen LogP contribution in [0.4, 0.5) is 22.0 Å². The molecule has 220 valence electrons. The van der Waals surface area contributed by atoms with Gasteiger partial charge >= 0.3 is 21.6 Å². The van der Waals surface area contributed by atoms with Gasteiger partial charge in [0.2, 0.25) is 5.91 Å². The zero-order chi connectivity index (χ0) is 29.9. The first-order valence-corrected chi connectivity index (χ1v) is 15.0. The van der Waals surface area contributed by atoms with E-state index in [9.17, 15) is 44.8 Å². The Hall–Kier alpha value is -3.31. The predicted octanol–water partition coefficient (Wildman–Crippen LogP) is 3.75. The zero-order valence-electron chi connectivity index (χ0n) is 20.4. The fourth-order valence-corrected chi connectivity index (χ4v) is 6.11. The molecule has 9 nitrogen and oxygen atoms in total. The van der Waals surface area contributed by atoms with Crippen LogP contribution in [0.1, 0.15) is 17.2 Å². The summed E-state index contributed by atoms with van der Waals surface area (Å²) in [5.41, 5.74) is -5.83. The number of hydrogen-bond donors (Lipinski definition) is 1. The highest BCUT2D eigenvalue weighted by atomic mass is 32.2. The van der Waals surface area contributed by atoms with E-state index >= 15 is 0 Å². The third-order valence-electron chi connectivity index (χ3n) is 5.71. The first-order chi connectivity index (χ1) is 19.3. The van der Waals surface area contributed by atoms with Crippen LogP contribution < -0.4 is 5.32 Å². The molecule has 2 aliphatic rings. The van der Waals surface area contributed by atoms with E-state index in [1.54, 1.807) is 60.7 Å². The van der Waals surface area contributed by atoms with Crippen LogP contribution in [0, 0.1) is 0 Å². The Labute approximate surface area is 238 Å². The van der Waals surface area contributed by atoms with Gasteiger partial charge < -0.3 is 14.2 Å². The summed E-state index contributed by atoms with van der Waals surface area (Å²) in [6.45, 7) is 0. The summed E-state index contributed by atoms with van der Waals surface area (Å²) in [7, 11) is -6.24. The monoisotopic (exact) mass is 638 g/mol. The van der Waals surface area contributed by atoms with Crippen LogP contribution in [0.25, 0.3) is 0 Å². The van der Waals surface area contributed by atoms with E-state index in [4.69, 9.17) is 4.74 Å². The van der Waals surface area contributed by atoms with E-state index in [1.807, 2.05) is 0 Å². The van der Waals surface area contributed by atoms with Crippen LogP contribution in [0.2, 0.25) is 0 Å². The van der Waals surface area contributed by atoms with E-state index in [0.29, 0.717) is 27.8 Å². The lowest BCUT2D eigenvalue weighted by Gasteiger charge is -2.49. The maximum Gasteiger partial charge on any atom is 0.534 e. The molecule has 0 aromatic heterocycles. The van der Waals surface area contributed by atoms with Crippen molar-refractivity contribution in [2.75, 3.05) is 11.5 Å². The van der Waals surface area contributed by atoms with Crippen LogP contribution in [0.15, 0.2) is 72.1 Å². The van der Waals surface area contributed by atoms with Crippen molar-refractivity contribution in [3.8, 4) is 0 Å². The number of benzene rings is 2. The molecule has 17 heteroatoms. The number of hydrogen-bond acceptors (Lipinski definition) is 9. The molecule has 1 N–H and O–H groups in total. The van der Waals surface area contributed by atoms with E-state index in [2.05, 4.69) is 9.50 Å². The van der Waals surface area contributed by atoms with Crippen molar-refractivity contribution in [1.29, 1.82) is 0 Å². The molecule has 1 unspecified atom stereocenters. The van der Waals surface area contributed by atoms with Crippen LogP contribution in [-0.2, 0) is 33.4 Å². The molecular formula is C24H19F5N2O7S3. The van der Waals surface area contributed by atoms with Gasteiger partial charge in [-0.3, -0.25) is 14.5 Å². The van der Waals surface area contributed by atoms with Crippen molar-refractivity contribution >= 4 is 51.4 Å². The average Bonchev–Trinajstić information content (AvgIpc) is 2.93. The number of carbonyl (C=O) groups is 3. The second-order valence-electron chi connectivity index (χ2n) is 8.39. The van der Waals surface area contributed by atoms with Crippen LogP contribution in [0.3, 0.4) is 0 Å². The molecule has 2 aromatic rings. The van der Waals surface area contributed by atoms with Crippen molar-refractivity contribution in [3.05, 3.63) is 83.2 Å². The Balaban J connectivity index is 1.68. The number of ether oxygens (including phenoxy) is 1. The highest BCUT2D eigenvalue weighted by molar-refractivity contribution is 8.00. The number of esters is 1. The van der Waals surface area contributed by atoms with E-state index in [1.165, 1.54) is 0 Å². The molecule has 0 radical (unpaired) electrons. The summed E-state index contributed by atoms with van der Waals surface area (Å²) in [5, 5.41) is 1.16.